The number of rotatable bonds is 2. The Bertz CT molecular complexity index is 474. The molecule has 0 aliphatic rings. The van der Waals surface area contributed by atoms with Crippen molar-refractivity contribution in [3.63, 3.8) is 0 Å². The van der Waals surface area contributed by atoms with E-state index in [0.717, 1.165) is 22.9 Å². The van der Waals surface area contributed by atoms with E-state index in [0.29, 0.717) is 6.54 Å². The summed E-state index contributed by atoms with van der Waals surface area (Å²) in [4.78, 5) is 8.48. The van der Waals surface area contributed by atoms with Gasteiger partial charge in [0.25, 0.3) is 0 Å². The molecule has 2 heterocycles. The van der Waals surface area contributed by atoms with Crippen molar-refractivity contribution in [1.29, 1.82) is 0 Å². The molecule has 2 aromatic heterocycles. The third-order valence-electron chi connectivity index (χ3n) is 2.15. The van der Waals surface area contributed by atoms with E-state index >= 15 is 0 Å². The molecule has 0 bridgehead atoms. The summed E-state index contributed by atoms with van der Waals surface area (Å²) in [5.41, 5.74) is 7.38. The molecule has 5 heteroatoms. The number of hydrogen-bond donors (Lipinski definition) is 1. The first-order valence-electron chi connectivity index (χ1n) is 4.73. The average Bonchev–Trinajstić information content (AvgIpc) is 2.58. The molecule has 0 saturated heterocycles. The van der Waals surface area contributed by atoms with Gasteiger partial charge in [-0.2, -0.15) is 5.10 Å². The first kappa shape index (κ1) is 9.79. The summed E-state index contributed by atoms with van der Waals surface area (Å²) < 4.78 is 1.75. The topological polar surface area (TPSA) is 69.6 Å². The fourth-order valence-corrected chi connectivity index (χ4v) is 1.49. The van der Waals surface area contributed by atoms with Gasteiger partial charge in [-0.3, -0.25) is 4.98 Å². The van der Waals surface area contributed by atoms with Crippen molar-refractivity contribution in [1.82, 2.24) is 19.7 Å². The van der Waals surface area contributed by atoms with Crippen molar-refractivity contribution in [3.05, 3.63) is 29.8 Å². The molecule has 0 amide bonds. The molecular formula is C10H13N5. The Morgan fingerprint density at radius 1 is 1.47 bits per heavy atom. The van der Waals surface area contributed by atoms with Crippen LogP contribution in [0.2, 0.25) is 0 Å². The molecule has 0 atom stereocenters. The maximum atomic E-state index is 5.53. The van der Waals surface area contributed by atoms with Crippen LogP contribution in [0.3, 0.4) is 0 Å². The summed E-state index contributed by atoms with van der Waals surface area (Å²) in [6.45, 7) is 2.30. The SMILES string of the molecule is Cc1nc(-c2ccnc(CN)c2)n(C)n1. The second kappa shape index (κ2) is 3.78. The highest BCUT2D eigenvalue weighted by Crippen LogP contribution is 2.16. The monoisotopic (exact) mass is 203 g/mol. The zero-order valence-electron chi connectivity index (χ0n) is 8.81. The van der Waals surface area contributed by atoms with Crippen LogP contribution in [-0.4, -0.2) is 19.7 Å². The van der Waals surface area contributed by atoms with E-state index in [1.54, 1.807) is 10.9 Å². The maximum Gasteiger partial charge on any atom is 0.158 e. The molecule has 0 unspecified atom stereocenters. The molecule has 0 spiro atoms. The predicted molar refractivity (Wildman–Crippen MR) is 56.9 cm³/mol. The quantitative estimate of drug-likeness (QED) is 0.777. The van der Waals surface area contributed by atoms with E-state index in [4.69, 9.17) is 5.73 Å². The number of nitrogens with zero attached hydrogens (tertiary/aromatic N) is 4. The van der Waals surface area contributed by atoms with Gasteiger partial charge in [0.15, 0.2) is 5.82 Å². The van der Waals surface area contributed by atoms with Gasteiger partial charge in [0.1, 0.15) is 5.82 Å². The lowest BCUT2D eigenvalue weighted by Gasteiger charge is -2.01. The lowest BCUT2D eigenvalue weighted by Crippen LogP contribution is -2.00. The molecule has 2 N–H and O–H groups in total. The van der Waals surface area contributed by atoms with Crippen molar-refractivity contribution in [3.8, 4) is 11.4 Å². The minimum Gasteiger partial charge on any atom is -0.325 e. The van der Waals surface area contributed by atoms with Gasteiger partial charge < -0.3 is 5.73 Å². The molecule has 2 rings (SSSR count). The van der Waals surface area contributed by atoms with Crippen molar-refractivity contribution >= 4 is 0 Å². The van der Waals surface area contributed by atoms with Crippen LogP contribution in [0.25, 0.3) is 11.4 Å². The summed E-state index contributed by atoms with van der Waals surface area (Å²) in [7, 11) is 1.87. The van der Waals surface area contributed by atoms with Crippen LogP contribution in [0, 0.1) is 6.92 Å². The van der Waals surface area contributed by atoms with Crippen LogP contribution >= 0.6 is 0 Å². The number of aryl methyl sites for hydroxylation is 2. The Morgan fingerprint density at radius 3 is 2.87 bits per heavy atom. The van der Waals surface area contributed by atoms with Crippen LogP contribution in [0.5, 0.6) is 0 Å². The zero-order valence-corrected chi connectivity index (χ0v) is 8.81. The van der Waals surface area contributed by atoms with Gasteiger partial charge in [0.2, 0.25) is 0 Å². The Labute approximate surface area is 88.0 Å². The van der Waals surface area contributed by atoms with E-state index in [1.165, 1.54) is 0 Å². The maximum absolute atomic E-state index is 5.53. The predicted octanol–water partition coefficient (Wildman–Crippen LogP) is 0.644. The van der Waals surface area contributed by atoms with Crippen molar-refractivity contribution < 1.29 is 0 Å². The summed E-state index contributed by atoms with van der Waals surface area (Å²) in [6, 6.07) is 3.84. The fourth-order valence-electron chi connectivity index (χ4n) is 1.49. The highest BCUT2D eigenvalue weighted by Gasteiger charge is 2.07. The Balaban J connectivity index is 2.49. The van der Waals surface area contributed by atoms with Crippen molar-refractivity contribution in [2.45, 2.75) is 13.5 Å². The van der Waals surface area contributed by atoms with Crippen LogP contribution in [0.1, 0.15) is 11.5 Å². The van der Waals surface area contributed by atoms with E-state index < -0.39 is 0 Å². The van der Waals surface area contributed by atoms with Gasteiger partial charge in [-0.25, -0.2) is 9.67 Å². The fraction of sp³-hybridized carbons (Fsp3) is 0.300. The lowest BCUT2D eigenvalue weighted by atomic mass is 10.2. The van der Waals surface area contributed by atoms with Crippen LogP contribution in [-0.2, 0) is 13.6 Å². The van der Waals surface area contributed by atoms with Gasteiger partial charge in [-0.1, -0.05) is 0 Å². The minimum absolute atomic E-state index is 0.435. The summed E-state index contributed by atoms with van der Waals surface area (Å²) in [5.74, 6) is 1.60. The summed E-state index contributed by atoms with van der Waals surface area (Å²) in [6.07, 6.45) is 1.74. The van der Waals surface area contributed by atoms with Gasteiger partial charge >= 0.3 is 0 Å². The van der Waals surface area contributed by atoms with Gasteiger partial charge in [0.05, 0.1) is 5.69 Å². The Kier molecular flexibility index (Phi) is 2.47. The largest absolute Gasteiger partial charge is 0.325 e. The average molecular weight is 203 g/mol. The molecule has 0 aromatic carbocycles. The Morgan fingerprint density at radius 2 is 2.27 bits per heavy atom. The van der Waals surface area contributed by atoms with Crippen molar-refractivity contribution in [2.24, 2.45) is 12.8 Å². The first-order chi connectivity index (χ1) is 7.20. The normalized spacial score (nSPS) is 10.6. The number of hydrogen-bond acceptors (Lipinski definition) is 4. The minimum atomic E-state index is 0.435. The third-order valence-corrected chi connectivity index (χ3v) is 2.15. The standard InChI is InChI=1S/C10H13N5/c1-7-13-10(15(2)14-7)8-3-4-12-9(5-8)6-11/h3-5H,6,11H2,1-2H3. The Hall–Kier alpha value is -1.75. The van der Waals surface area contributed by atoms with Gasteiger partial charge in [-0.05, 0) is 19.1 Å². The molecule has 0 radical (unpaired) electrons. The molecule has 15 heavy (non-hydrogen) atoms. The highest BCUT2D eigenvalue weighted by atomic mass is 15.3. The van der Waals surface area contributed by atoms with Gasteiger partial charge in [0, 0.05) is 25.4 Å². The molecule has 5 nitrogen and oxygen atoms in total. The van der Waals surface area contributed by atoms with E-state index in [9.17, 15) is 0 Å². The zero-order chi connectivity index (χ0) is 10.8. The second-order valence-electron chi connectivity index (χ2n) is 3.35. The lowest BCUT2D eigenvalue weighted by molar-refractivity contribution is 0.763. The summed E-state index contributed by atoms with van der Waals surface area (Å²) in [5, 5.41) is 4.20. The van der Waals surface area contributed by atoms with Gasteiger partial charge in [-0.15, -0.1) is 0 Å². The van der Waals surface area contributed by atoms with Crippen LogP contribution < -0.4 is 5.73 Å². The molecular weight excluding hydrogens is 190 g/mol. The van der Waals surface area contributed by atoms with E-state index in [2.05, 4.69) is 15.1 Å². The van der Waals surface area contributed by atoms with E-state index in [1.807, 2.05) is 26.1 Å². The molecule has 0 aliphatic carbocycles. The summed E-state index contributed by atoms with van der Waals surface area (Å²) >= 11 is 0. The number of nitrogens with two attached hydrogens (primary N) is 1. The molecule has 2 aromatic rings. The highest BCUT2D eigenvalue weighted by molar-refractivity contribution is 5.55. The second-order valence-corrected chi connectivity index (χ2v) is 3.35. The molecule has 0 aliphatic heterocycles. The van der Waals surface area contributed by atoms with Crippen LogP contribution in [0.4, 0.5) is 0 Å². The number of pyridine rings is 1. The smallest absolute Gasteiger partial charge is 0.158 e. The number of aromatic nitrogens is 4. The third kappa shape index (κ3) is 1.87. The van der Waals surface area contributed by atoms with Crippen molar-refractivity contribution in [2.75, 3.05) is 0 Å². The first-order valence-corrected chi connectivity index (χ1v) is 4.73. The molecule has 78 valence electrons. The molecule has 0 saturated carbocycles. The molecule has 0 fully saturated rings. The van der Waals surface area contributed by atoms with Crippen LogP contribution in [0.15, 0.2) is 18.3 Å². The van der Waals surface area contributed by atoms with E-state index in [-0.39, 0.29) is 0 Å².